The number of aliphatic hydroxyl groups is 3. The molecule has 462 valence electrons. The fourth-order valence-electron chi connectivity index (χ4n) is 15.2. The van der Waals surface area contributed by atoms with Crippen LogP contribution in [0.1, 0.15) is 217 Å². The Labute approximate surface area is 509 Å². The number of hydrogen-bond acceptors (Lipinski definition) is 11. The fourth-order valence-corrected chi connectivity index (χ4v) is 15.3. The maximum absolute atomic E-state index is 12.2. The van der Waals surface area contributed by atoms with Gasteiger partial charge in [0.1, 0.15) is 17.0 Å². The number of fused-ring (bicyclic) bond motifs is 10. The Balaban J connectivity index is 0.000000292. The largest absolute Gasteiger partial charge is 0.454 e. The predicted molar refractivity (Wildman–Crippen MR) is 343 cm³/mol. The molecule has 4 fully saturated rings. The van der Waals surface area contributed by atoms with Gasteiger partial charge in [-0.1, -0.05) is 104 Å². The van der Waals surface area contributed by atoms with Crippen LogP contribution in [-0.4, -0.2) is 74.6 Å². The number of hydrazone groups is 1. The number of rotatable bonds is 3. The summed E-state index contributed by atoms with van der Waals surface area (Å²) in [5.41, 5.74) is 18.0. The number of ether oxygens (including phenoxy) is 4. The topological polar surface area (TPSA) is 214 Å². The molecule has 2 aromatic rings. The molecule has 2 aliphatic heterocycles. The van der Waals surface area contributed by atoms with Crippen LogP contribution in [0.15, 0.2) is 87.1 Å². The highest BCUT2D eigenvalue weighted by molar-refractivity contribution is 7.80. The van der Waals surface area contributed by atoms with E-state index < -0.39 is 11.2 Å². The Hall–Kier alpha value is -5.74. The van der Waals surface area contributed by atoms with E-state index in [4.69, 9.17) is 42.0 Å². The monoisotopic (exact) mass is 1180 g/mol. The van der Waals surface area contributed by atoms with E-state index in [1.807, 2.05) is 87.4 Å². The summed E-state index contributed by atoms with van der Waals surface area (Å²) in [4.78, 5) is 21.6. The molecule has 13 nitrogen and oxygen atoms in total. The van der Waals surface area contributed by atoms with Crippen LogP contribution >= 0.6 is 12.2 Å². The number of carbonyl (C=O) groups is 2. The van der Waals surface area contributed by atoms with E-state index in [-0.39, 0.29) is 65.0 Å². The summed E-state index contributed by atoms with van der Waals surface area (Å²) in [6, 6.07) is 12.7. The van der Waals surface area contributed by atoms with Gasteiger partial charge in [-0.25, -0.2) is 0 Å². The molecule has 0 bridgehead atoms. The molecule has 0 radical (unpaired) electrons. The van der Waals surface area contributed by atoms with E-state index in [1.165, 1.54) is 52.8 Å². The summed E-state index contributed by atoms with van der Waals surface area (Å²) in [7, 11) is 0. The zero-order chi connectivity index (χ0) is 61.5. The highest BCUT2D eigenvalue weighted by Crippen LogP contribution is 2.68. The van der Waals surface area contributed by atoms with Gasteiger partial charge in [0.15, 0.2) is 33.9 Å². The van der Waals surface area contributed by atoms with Crippen LogP contribution in [0.5, 0.6) is 23.0 Å². The van der Waals surface area contributed by atoms with Crippen molar-refractivity contribution in [1.29, 1.82) is 0 Å². The average molecular weight is 1180 g/mol. The number of ketones is 2. The minimum atomic E-state index is -0.952. The molecule has 2 heterocycles. The molecule has 2 aromatic carbocycles. The third-order valence-electron chi connectivity index (χ3n) is 18.4. The van der Waals surface area contributed by atoms with E-state index >= 15 is 0 Å². The van der Waals surface area contributed by atoms with Crippen molar-refractivity contribution >= 4 is 34.6 Å². The number of aliphatic hydroxyl groups excluding tert-OH is 1. The zero-order valence-corrected chi connectivity index (χ0v) is 54.1. The van der Waals surface area contributed by atoms with Gasteiger partial charge in [-0.15, -0.1) is 11.8 Å². The standard InChI is InChI=1S/C29H33N3O3S.C28H30O4.C3H6O.C2H6O.4C2H6.H2O/c1-3-11-29(33)12-10-23-21-7-4-17-13-19(31-32-27(30)36)6-8-20(17)26(21)22(15-28(23,29)2)18-5-9-24-25(14-18)35-16-34-24;1-3-11-28(30)12-10-23-21-7-4-17-13-19(29)6-8-20(17)26(21)22(15-27(23,28)2)18-5-9-24-25(14-18)32-16-31-24;1-3(2)4;1-2-3;4*1-2;/h5,9,13-14,21-23,33H,4,6-8,10,12,15-16H2,1-2H3,(H3,30,32,36);5,9,13-14,21-23,30H,4,6-8,10,12,15-16H2,1-2H3;1-2H3;3H,2H2,1H3;4*1-2H3;1H2/t21-,22+,23-,28-,29-;21-,22+,23-,27-,28-;;;;;;;/m00......./s1. The van der Waals surface area contributed by atoms with Crippen LogP contribution in [0.25, 0.3) is 0 Å². The first-order chi connectivity index (χ1) is 39.9. The second kappa shape index (κ2) is 31.6. The van der Waals surface area contributed by atoms with Gasteiger partial charge in [0, 0.05) is 35.7 Å². The van der Waals surface area contributed by atoms with Crippen molar-refractivity contribution in [3.63, 3.8) is 0 Å². The van der Waals surface area contributed by atoms with Crippen molar-refractivity contribution < 1.29 is 49.3 Å². The molecule has 8 N–H and O–H groups in total. The second-order valence-electron chi connectivity index (χ2n) is 22.6. The normalized spacial score (nSPS) is 30.1. The van der Waals surface area contributed by atoms with Gasteiger partial charge in [-0.3, -0.25) is 10.2 Å². The highest BCUT2D eigenvalue weighted by atomic mass is 32.1. The van der Waals surface area contributed by atoms with Gasteiger partial charge in [0.05, 0.1) is 5.71 Å². The molecular weight excluding hydrogens is 1070 g/mol. The number of nitrogens with zero attached hydrogens (tertiary/aromatic N) is 1. The van der Waals surface area contributed by atoms with E-state index in [0.717, 1.165) is 112 Å². The molecule has 4 saturated carbocycles. The van der Waals surface area contributed by atoms with Crippen LogP contribution in [0, 0.1) is 58.2 Å². The molecule has 0 saturated heterocycles. The summed E-state index contributed by atoms with van der Waals surface area (Å²) in [5, 5.41) is 35.7. The summed E-state index contributed by atoms with van der Waals surface area (Å²) < 4.78 is 22.6. The summed E-state index contributed by atoms with van der Waals surface area (Å²) in [6.45, 7) is 29.7. The van der Waals surface area contributed by atoms with Gasteiger partial charge in [-0.05, 0) is 224 Å². The molecule has 14 heteroatoms. The predicted octanol–water partition coefficient (Wildman–Crippen LogP) is 13.6. The number of nitrogens with two attached hydrogens (primary N) is 1. The molecule has 8 aliphatic carbocycles. The maximum Gasteiger partial charge on any atom is 0.231 e. The van der Waals surface area contributed by atoms with Gasteiger partial charge < -0.3 is 50.3 Å². The van der Waals surface area contributed by atoms with E-state index in [9.17, 15) is 19.8 Å². The minimum Gasteiger partial charge on any atom is -0.454 e. The van der Waals surface area contributed by atoms with Gasteiger partial charge in [0.25, 0.3) is 0 Å². The molecule has 12 rings (SSSR count). The molecule has 84 heavy (non-hydrogen) atoms. The summed E-state index contributed by atoms with van der Waals surface area (Å²) >= 11 is 4.93. The van der Waals surface area contributed by atoms with Crippen molar-refractivity contribution in [2.24, 2.45) is 45.3 Å². The Kier molecular flexibility index (Phi) is 26.6. The van der Waals surface area contributed by atoms with Crippen molar-refractivity contribution in [3.8, 4) is 46.7 Å². The number of carbonyl (C=O) groups excluding carboxylic acids is 2. The number of benzene rings is 2. The lowest BCUT2D eigenvalue weighted by molar-refractivity contribution is -0.115. The van der Waals surface area contributed by atoms with Crippen molar-refractivity contribution in [2.75, 3.05) is 20.2 Å². The van der Waals surface area contributed by atoms with Crippen LogP contribution in [0.2, 0.25) is 0 Å². The molecule has 0 aromatic heterocycles. The lowest BCUT2D eigenvalue weighted by atomic mass is 9.51. The van der Waals surface area contributed by atoms with Gasteiger partial charge >= 0.3 is 0 Å². The van der Waals surface area contributed by atoms with E-state index in [2.05, 4.69) is 78.4 Å². The smallest absolute Gasteiger partial charge is 0.231 e. The first-order valence-corrected chi connectivity index (χ1v) is 31.5. The second-order valence-corrected chi connectivity index (χ2v) is 23.0. The zero-order valence-electron chi connectivity index (χ0n) is 53.3. The molecule has 0 spiro atoms. The number of thiocarbonyl (C=S) groups is 1. The SMILES string of the molecule is CC.CC.CC.CC.CC#C[C@]1(O)CC[C@H]2[C@@H]3CCC4=CC(=NNC(N)=S)CCC4=C3[C@@H](c3ccc4c(c3)OCO4)C[C@@]21C.CC#C[C@]1(O)CC[C@H]2[C@@H]3CCC4=CC(=O)CCC4=C3[C@@H](c3ccc4c(c3)OCO4)C[C@@]21C.CC(C)=O.CCO.O. The quantitative estimate of drug-likeness (QED) is 0.110. The Morgan fingerprint density at radius 2 is 1.06 bits per heavy atom. The third-order valence-corrected chi connectivity index (χ3v) is 18.5. The van der Waals surface area contributed by atoms with Crippen LogP contribution in [0.4, 0.5) is 0 Å². The lowest BCUT2D eigenvalue weighted by Crippen LogP contribution is -2.51. The van der Waals surface area contributed by atoms with Gasteiger partial charge in [0.2, 0.25) is 13.6 Å². The van der Waals surface area contributed by atoms with Crippen molar-refractivity contribution in [2.45, 2.75) is 217 Å². The first kappa shape index (κ1) is 70.7. The summed E-state index contributed by atoms with van der Waals surface area (Å²) in [6.07, 6.45) is 16.7. The van der Waals surface area contributed by atoms with Crippen molar-refractivity contribution in [1.82, 2.24) is 5.43 Å². The molecule has 10 atom stereocenters. The maximum atomic E-state index is 12.2. The minimum absolute atomic E-state index is 0. The molecular formula is C70H101N3O10S. The summed E-state index contributed by atoms with van der Waals surface area (Å²) in [5.74, 6) is 18.3. The number of allylic oxidation sites excluding steroid dienone is 8. The number of nitrogens with one attached hydrogen (secondary N) is 1. The molecule has 10 aliphatic rings. The average Bonchev–Trinajstić information content (AvgIpc) is 2.02. The van der Waals surface area contributed by atoms with Crippen LogP contribution < -0.4 is 30.1 Å². The highest BCUT2D eigenvalue weighted by Gasteiger charge is 2.64. The Morgan fingerprint density at radius 1 is 0.667 bits per heavy atom. The fraction of sp³-hybridized carbons (Fsp3) is 0.600. The Bertz CT molecular complexity index is 2930. The first-order valence-electron chi connectivity index (χ1n) is 31.1. The third kappa shape index (κ3) is 14.4. The Morgan fingerprint density at radius 3 is 1.46 bits per heavy atom. The lowest BCUT2D eigenvalue weighted by Gasteiger charge is -2.53. The number of hydrogen-bond donors (Lipinski definition) is 5. The molecule has 0 amide bonds. The number of Topliss-reactive ketones (excluding diaryl/α,β-unsaturated/α-hetero) is 1. The van der Waals surface area contributed by atoms with E-state index in [1.54, 1.807) is 12.5 Å². The van der Waals surface area contributed by atoms with Gasteiger partial charge in [-0.2, -0.15) is 5.10 Å². The van der Waals surface area contributed by atoms with Crippen molar-refractivity contribution in [3.05, 3.63) is 93.1 Å². The van der Waals surface area contributed by atoms with Crippen LogP contribution in [0.3, 0.4) is 0 Å². The van der Waals surface area contributed by atoms with E-state index in [0.29, 0.717) is 30.1 Å². The molecule has 0 unspecified atom stereocenters. The van der Waals surface area contributed by atoms with Crippen LogP contribution in [-0.2, 0) is 9.59 Å².